The Bertz CT molecular complexity index is 1430. The fourth-order valence-corrected chi connectivity index (χ4v) is 4.92. The van der Waals surface area contributed by atoms with Crippen molar-refractivity contribution in [3.05, 3.63) is 59.3 Å². The summed E-state index contributed by atoms with van der Waals surface area (Å²) < 4.78 is 7.01. The van der Waals surface area contributed by atoms with Crippen molar-refractivity contribution >= 4 is 40.6 Å². The van der Waals surface area contributed by atoms with E-state index in [1.807, 2.05) is 30.5 Å². The summed E-state index contributed by atoms with van der Waals surface area (Å²) >= 11 is 0. The van der Waals surface area contributed by atoms with E-state index in [0.29, 0.717) is 19.4 Å². The average Bonchev–Trinajstić information content (AvgIpc) is 3.35. The summed E-state index contributed by atoms with van der Waals surface area (Å²) in [6.07, 6.45) is 9.81. The number of nitrogens with zero attached hydrogens (tertiary/aromatic N) is 3. The zero-order valence-electron chi connectivity index (χ0n) is 27.6. The zero-order chi connectivity index (χ0) is 34.1. The number of carbonyl (C=O) groups excluding carboxylic acids is 3. The van der Waals surface area contributed by atoms with Crippen molar-refractivity contribution in [3.63, 3.8) is 0 Å². The van der Waals surface area contributed by atoms with Crippen LogP contribution in [0.15, 0.2) is 63.7 Å². The smallest absolute Gasteiger partial charge is 0.328 e. The Morgan fingerprint density at radius 1 is 0.913 bits per heavy atom. The minimum atomic E-state index is -0.944. The molecule has 0 aliphatic rings. The van der Waals surface area contributed by atoms with Crippen molar-refractivity contribution in [1.82, 2.24) is 15.2 Å². The summed E-state index contributed by atoms with van der Waals surface area (Å²) in [5.41, 5.74) is 26.1. The van der Waals surface area contributed by atoms with Crippen molar-refractivity contribution in [2.75, 3.05) is 20.2 Å². The normalized spacial score (nSPS) is 12.5. The molecule has 252 valence electrons. The molecule has 1 heterocycles. The molecule has 10 N–H and O–H groups in total. The number of aromatic nitrogens is 1. The maximum Gasteiger partial charge on any atom is 0.328 e. The van der Waals surface area contributed by atoms with Gasteiger partial charge < -0.3 is 42.9 Å². The van der Waals surface area contributed by atoms with Crippen molar-refractivity contribution in [3.8, 4) is 0 Å². The first-order chi connectivity index (χ1) is 21.9. The van der Waals surface area contributed by atoms with Crippen LogP contribution >= 0.6 is 0 Å². The fraction of sp³-hybridized carbons (Fsp3) is 0.485. The highest BCUT2D eigenvalue weighted by Crippen LogP contribution is 2.22. The monoisotopic (exact) mass is 637 g/mol. The minimum Gasteiger partial charge on any atom is -0.467 e. The van der Waals surface area contributed by atoms with Crippen LogP contribution in [0, 0.1) is 0 Å². The van der Waals surface area contributed by atoms with Gasteiger partial charge in [-0.2, -0.15) is 0 Å². The summed E-state index contributed by atoms with van der Waals surface area (Å²) in [6.45, 7) is 7.56. The van der Waals surface area contributed by atoms with E-state index in [1.54, 1.807) is 0 Å². The first kappa shape index (κ1) is 37.4. The molecule has 0 aliphatic carbocycles. The van der Waals surface area contributed by atoms with E-state index >= 15 is 0 Å². The van der Waals surface area contributed by atoms with Gasteiger partial charge in [-0.1, -0.05) is 41.5 Å². The third-order valence-electron chi connectivity index (χ3n) is 7.29. The molecule has 1 aromatic carbocycles. The van der Waals surface area contributed by atoms with Gasteiger partial charge in [-0.3, -0.25) is 19.6 Å². The number of para-hydroxylation sites is 1. The lowest BCUT2D eigenvalue weighted by molar-refractivity contribution is -0.145. The number of esters is 1. The third-order valence-corrected chi connectivity index (χ3v) is 7.29. The second-order valence-electron chi connectivity index (χ2n) is 11.5. The molecule has 2 aromatic rings. The number of hydrogen-bond donors (Lipinski definition) is 6. The number of fused-ring (bicyclic) bond motifs is 1. The molecule has 0 bridgehead atoms. The third kappa shape index (κ3) is 13.4. The number of carbonyl (C=O) groups is 3. The number of ether oxygens (including phenoxy) is 1. The zero-order valence-corrected chi connectivity index (χ0v) is 27.6. The molecule has 0 fully saturated rings. The maximum atomic E-state index is 13.4. The van der Waals surface area contributed by atoms with E-state index in [9.17, 15) is 14.4 Å². The van der Waals surface area contributed by atoms with Gasteiger partial charge in [0, 0.05) is 36.7 Å². The Kier molecular flexibility index (Phi) is 15.9. The minimum absolute atomic E-state index is 0.0629. The highest BCUT2D eigenvalue weighted by Gasteiger charge is 2.27. The van der Waals surface area contributed by atoms with Gasteiger partial charge in [0.2, 0.25) is 11.8 Å². The van der Waals surface area contributed by atoms with Gasteiger partial charge in [0.05, 0.1) is 13.5 Å². The Morgan fingerprint density at radius 3 is 2.15 bits per heavy atom. The molecular formula is C33H51N9O4. The van der Waals surface area contributed by atoms with E-state index in [-0.39, 0.29) is 50.2 Å². The molecule has 1 aromatic heterocycles. The van der Waals surface area contributed by atoms with Crippen molar-refractivity contribution in [2.24, 2.45) is 32.9 Å². The van der Waals surface area contributed by atoms with Gasteiger partial charge in [0.15, 0.2) is 11.9 Å². The van der Waals surface area contributed by atoms with Crippen LogP contribution < -0.4 is 33.6 Å². The molecule has 0 spiro atoms. The summed E-state index contributed by atoms with van der Waals surface area (Å²) in [4.78, 5) is 47.1. The van der Waals surface area contributed by atoms with Gasteiger partial charge >= 0.3 is 5.97 Å². The Morgan fingerprint density at radius 2 is 1.54 bits per heavy atom. The number of nitrogens with one attached hydrogen (secondary N) is 2. The van der Waals surface area contributed by atoms with Crippen LogP contribution in [0.3, 0.4) is 0 Å². The lowest BCUT2D eigenvalue weighted by atomic mass is 10.1. The summed E-state index contributed by atoms with van der Waals surface area (Å²) in [5, 5.41) is 6.54. The van der Waals surface area contributed by atoms with E-state index < -0.39 is 24.0 Å². The van der Waals surface area contributed by atoms with E-state index in [0.717, 1.165) is 29.3 Å². The number of nitrogens with two attached hydrogens (primary N) is 4. The lowest BCUT2D eigenvalue weighted by Gasteiger charge is -2.22. The Hall–Kier alpha value is -4.81. The first-order valence-electron chi connectivity index (χ1n) is 15.5. The first-order valence-corrected chi connectivity index (χ1v) is 15.5. The van der Waals surface area contributed by atoms with Crippen molar-refractivity contribution in [1.29, 1.82) is 0 Å². The molecule has 46 heavy (non-hydrogen) atoms. The molecular weight excluding hydrogens is 586 g/mol. The quantitative estimate of drug-likeness (QED) is 0.0439. The largest absolute Gasteiger partial charge is 0.467 e. The van der Waals surface area contributed by atoms with Crippen LogP contribution in [0.4, 0.5) is 0 Å². The SMILES string of the molecule is COC(=O)[C@H](CCCN=C(N)N)NC(=O)[C@H](CCCN=C(N)N)NC(=O)Cc1cn(C/C=C(\C)CCC=C(C)C)c2ccccc12. The Balaban J connectivity index is 2.20. The van der Waals surface area contributed by atoms with Gasteiger partial charge in [0.1, 0.15) is 12.1 Å². The molecule has 0 saturated carbocycles. The topological polar surface area (TPSA) is 218 Å². The van der Waals surface area contributed by atoms with Crippen molar-refractivity contribution in [2.45, 2.75) is 84.3 Å². The number of aliphatic imine (C=N–C) groups is 2. The summed E-state index contributed by atoms with van der Waals surface area (Å²) in [7, 11) is 1.24. The number of guanidine groups is 2. The fourth-order valence-electron chi connectivity index (χ4n) is 4.92. The lowest BCUT2D eigenvalue weighted by Crippen LogP contribution is -2.52. The van der Waals surface area contributed by atoms with Crippen molar-refractivity contribution < 1.29 is 19.1 Å². The van der Waals surface area contributed by atoms with Crippen LogP contribution in [-0.4, -0.2) is 66.6 Å². The molecule has 0 saturated heterocycles. The van der Waals surface area contributed by atoms with E-state index in [2.05, 4.69) is 58.1 Å². The summed E-state index contributed by atoms with van der Waals surface area (Å²) in [5.74, 6) is -1.59. The Labute approximate surface area is 271 Å². The number of amides is 2. The van der Waals surface area contributed by atoms with Gasteiger partial charge in [-0.25, -0.2) is 4.79 Å². The van der Waals surface area contributed by atoms with Gasteiger partial charge in [-0.15, -0.1) is 0 Å². The second-order valence-corrected chi connectivity index (χ2v) is 11.5. The van der Waals surface area contributed by atoms with Crippen LogP contribution in [0.25, 0.3) is 10.9 Å². The maximum absolute atomic E-state index is 13.4. The summed E-state index contributed by atoms with van der Waals surface area (Å²) in [6, 6.07) is 6.05. The highest BCUT2D eigenvalue weighted by atomic mass is 16.5. The molecule has 13 nitrogen and oxygen atoms in total. The molecule has 0 unspecified atom stereocenters. The van der Waals surface area contributed by atoms with Crippen LogP contribution in [0.1, 0.15) is 64.9 Å². The number of benzene rings is 1. The van der Waals surface area contributed by atoms with Gasteiger partial charge in [-0.05, 0) is 70.9 Å². The van der Waals surface area contributed by atoms with Gasteiger partial charge in [0.25, 0.3) is 0 Å². The predicted molar refractivity (Wildman–Crippen MR) is 184 cm³/mol. The second kappa shape index (κ2) is 19.6. The van der Waals surface area contributed by atoms with E-state index in [1.165, 1.54) is 18.3 Å². The molecule has 0 aliphatic heterocycles. The average molecular weight is 638 g/mol. The van der Waals surface area contributed by atoms with Crippen LogP contribution in [0.2, 0.25) is 0 Å². The number of rotatable bonds is 19. The number of allylic oxidation sites excluding steroid dienone is 4. The molecule has 2 rings (SSSR count). The standard InChI is InChI=1S/C33H51N9O4/c1-22(2)10-7-11-23(3)16-19-42-21-24(25-12-5-6-15-28(25)42)20-29(43)40-26(13-8-17-38-32(34)35)30(44)41-27(31(45)46-4)14-9-18-39-33(36)37/h5-6,10,12,15-16,21,26-27H,7-9,11,13-14,17-20H2,1-4H3,(H,40,43)(H,41,44)(H4,34,35,38)(H4,36,37,39)/b23-16+/t26-,27-/m0/s1. The van der Waals surface area contributed by atoms with Crippen LogP contribution in [0.5, 0.6) is 0 Å². The molecule has 0 radical (unpaired) electrons. The molecule has 2 amide bonds. The number of methoxy groups -OCH3 is 1. The molecule has 2 atom stereocenters. The van der Waals surface area contributed by atoms with Crippen LogP contribution in [-0.2, 0) is 32.1 Å². The number of hydrogen-bond acceptors (Lipinski definition) is 6. The highest BCUT2D eigenvalue weighted by molar-refractivity contribution is 5.93. The molecule has 13 heteroatoms. The van der Waals surface area contributed by atoms with E-state index in [4.69, 9.17) is 27.7 Å². The predicted octanol–water partition coefficient (Wildman–Crippen LogP) is 2.13.